The second-order valence-electron chi connectivity index (χ2n) is 9.42. The predicted molar refractivity (Wildman–Crippen MR) is 145 cm³/mol. The van der Waals surface area contributed by atoms with Crippen molar-refractivity contribution >= 4 is 5.69 Å². The molecule has 184 valence electrons. The Labute approximate surface area is 208 Å². The number of unbranched alkanes of at least 4 members (excludes halogenated alkanes) is 3. The number of hydrogen-bond donors (Lipinski definition) is 2. The quantitative estimate of drug-likeness (QED) is 0.192. The molecule has 0 amide bonds. The van der Waals surface area contributed by atoms with Gasteiger partial charge in [-0.1, -0.05) is 58.6 Å². The molecule has 5 heteroatoms. The topological polar surface area (TPSA) is 64.0 Å². The summed E-state index contributed by atoms with van der Waals surface area (Å²) in [5.74, 6) is 7.10. The maximum atomic E-state index is 9.28. The number of nitrogens with one attached hydrogen (secondary N) is 2. The summed E-state index contributed by atoms with van der Waals surface area (Å²) < 4.78 is 0. The molecular formula is C29H43N5. The van der Waals surface area contributed by atoms with E-state index < -0.39 is 5.41 Å². The van der Waals surface area contributed by atoms with E-state index in [4.69, 9.17) is 0 Å². The van der Waals surface area contributed by atoms with Crippen molar-refractivity contribution in [3.63, 3.8) is 0 Å². The number of anilines is 1. The van der Waals surface area contributed by atoms with Crippen molar-refractivity contribution in [2.45, 2.75) is 72.6 Å². The maximum absolute atomic E-state index is 9.28. The van der Waals surface area contributed by atoms with Crippen molar-refractivity contribution in [2.75, 3.05) is 25.0 Å². The molecule has 0 bridgehead atoms. The van der Waals surface area contributed by atoms with Crippen molar-refractivity contribution in [2.24, 2.45) is 5.92 Å². The Morgan fingerprint density at radius 2 is 2.03 bits per heavy atom. The molecular weight excluding hydrogens is 418 g/mol. The van der Waals surface area contributed by atoms with Gasteiger partial charge in [0.05, 0.1) is 35.6 Å². The lowest BCUT2D eigenvalue weighted by atomic mass is 9.91. The highest BCUT2D eigenvalue weighted by molar-refractivity contribution is 5.44. The molecule has 0 atom stereocenters. The molecule has 2 N–H and O–H groups in total. The fourth-order valence-electron chi connectivity index (χ4n) is 3.27. The third-order valence-electron chi connectivity index (χ3n) is 5.32. The van der Waals surface area contributed by atoms with E-state index in [1.54, 1.807) is 6.20 Å². The summed E-state index contributed by atoms with van der Waals surface area (Å²) in [5.41, 5.74) is 3.11. The molecule has 1 rings (SSSR count). The summed E-state index contributed by atoms with van der Waals surface area (Å²) in [6.45, 7) is 18.6. The molecule has 0 saturated heterocycles. The van der Waals surface area contributed by atoms with E-state index in [-0.39, 0.29) is 0 Å². The molecule has 0 aliphatic rings. The lowest BCUT2D eigenvalue weighted by molar-refractivity contribution is 0.379. The minimum absolute atomic E-state index is 0.489. The van der Waals surface area contributed by atoms with Crippen molar-refractivity contribution in [1.29, 1.82) is 5.26 Å². The SMILES string of the molecule is C=C/C=C(\C)N(CC(C)C)/C(C#CCNc1ccc(C(C)(C)C#N)nc1)=C\NCCCCCC. The van der Waals surface area contributed by atoms with Crippen LogP contribution in [0.3, 0.4) is 0 Å². The van der Waals surface area contributed by atoms with Gasteiger partial charge in [0.15, 0.2) is 0 Å². The molecule has 0 aliphatic carbocycles. The van der Waals surface area contributed by atoms with Crippen LogP contribution in [0.2, 0.25) is 0 Å². The molecule has 1 aromatic heterocycles. The van der Waals surface area contributed by atoms with Gasteiger partial charge in [0.1, 0.15) is 5.70 Å². The van der Waals surface area contributed by atoms with E-state index in [0.717, 1.165) is 42.3 Å². The third kappa shape index (κ3) is 10.6. The highest BCUT2D eigenvalue weighted by Crippen LogP contribution is 2.21. The second kappa shape index (κ2) is 15.6. The van der Waals surface area contributed by atoms with Crippen LogP contribution in [-0.4, -0.2) is 29.5 Å². The number of aromatic nitrogens is 1. The summed E-state index contributed by atoms with van der Waals surface area (Å²) in [4.78, 5) is 6.68. The molecule has 0 radical (unpaired) electrons. The Morgan fingerprint density at radius 1 is 1.26 bits per heavy atom. The maximum Gasteiger partial charge on any atom is 0.108 e. The molecule has 1 aromatic rings. The molecule has 5 nitrogen and oxygen atoms in total. The average molecular weight is 462 g/mol. The van der Waals surface area contributed by atoms with E-state index in [0.29, 0.717) is 12.5 Å². The molecule has 0 fully saturated rings. The average Bonchev–Trinajstić information content (AvgIpc) is 2.81. The smallest absolute Gasteiger partial charge is 0.108 e. The zero-order valence-electron chi connectivity index (χ0n) is 22.0. The Hall–Kier alpha value is -3.18. The van der Waals surface area contributed by atoms with Gasteiger partial charge in [-0.15, -0.1) is 0 Å². The van der Waals surface area contributed by atoms with Crippen LogP contribution in [-0.2, 0) is 5.41 Å². The van der Waals surface area contributed by atoms with Crippen LogP contribution in [0.25, 0.3) is 0 Å². The number of pyridine rings is 1. The van der Waals surface area contributed by atoms with Gasteiger partial charge in [0.25, 0.3) is 0 Å². The van der Waals surface area contributed by atoms with Gasteiger partial charge >= 0.3 is 0 Å². The minimum Gasteiger partial charge on any atom is -0.389 e. The first kappa shape index (κ1) is 28.9. The summed E-state index contributed by atoms with van der Waals surface area (Å²) in [7, 11) is 0. The highest BCUT2D eigenvalue weighted by Gasteiger charge is 2.20. The van der Waals surface area contributed by atoms with E-state index in [1.807, 2.05) is 44.3 Å². The Kier molecular flexibility index (Phi) is 13.3. The largest absolute Gasteiger partial charge is 0.389 e. The predicted octanol–water partition coefficient (Wildman–Crippen LogP) is 6.36. The van der Waals surface area contributed by atoms with Gasteiger partial charge in [0, 0.05) is 25.0 Å². The van der Waals surface area contributed by atoms with E-state index >= 15 is 0 Å². The van der Waals surface area contributed by atoms with Crippen LogP contribution < -0.4 is 10.6 Å². The van der Waals surface area contributed by atoms with Crippen LogP contribution in [0.5, 0.6) is 0 Å². The molecule has 1 heterocycles. The summed E-state index contributed by atoms with van der Waals surface area (Å²) in [6.07, 6.45) is 12.5. The van der Waals surface area contributed by atoms with Gasteiger partial charge in [-0.05, 0) is 57.2 Å². The van der Waals surface area contributed by atoms with Gasteiger partial charge in [-0.2, -0.15) is 5.26 Å². The Balaban J connectivity index is 2.95. The van der Waals surface area contributed by atoms with Gasteiger partial charge in [0.2, 0.25) is 0 Å². The number of hydrogen-bond acceptors (Lipinski definition) is 5. The van der Waals surface area contributed by atoms with Gasteiger partial charge < -0.3 is 15.5 Å². The summed E-state index contributed by atoms with van der Waals surface area (Å²) in [5, 5.41) is 16.1. The molecule has 0 saturated carbocycles. The zero-order chi connectivity index (χ0) is 25.4. The fourth-order valence-corrected chi connectivity index (χ4v) is 3.27. The summed E-state index contributed by atoms with van der Waals surface area (Å²) >= 11 is 0. The summed E-state index contributed by atoms with van der Waals surface area (Å²) in [6, 6.07) is 6.12. The van der Waals surface area contributed by atoms with E-state index in [1.165, 1.54) is 19.3 Å². The van der Waals surface area contributed by atoms with Crippen molar-refractivity contribution < 1.29 is 0 Å². The van der Waals surface area contributed by atoms with Crippen molar-refractivity contribution in [3.8, 4) is 17.9 Å². The van der Waals surface area contributed by atoms with Crippen LogP contribution in [0, 0.1) is 29.1 Å². The molecule has 0 unspecified atom stereocenters. The van der Waals surface area contributed by atoms with Crippen molar-refractivity contribution in [1.82, 2.24) is 15.2 Å². The first-order valence-electron chi connectivity index (χ1n) is 12.4. The fraction of sp³-hybridized carbons (Fsp3) is 0.517. The number of nitrogens with zero attached hydrogens (tertiary/aromatic N) is 3. The number of allylic oxidation sites excluding steroid dienone is 4. The van der Waals surface area contributed by atoms with E-state index in [2.05, 4.69) is 72.7 Å². The third-order valence-corrected chi connectivity index (χ3v) is 5.32. The van der Waals surface area contributed by atoms with Gasteiger partial charge in [-0.25, -0.2) is 0 Å². The van der Waals surface area contributed by atoms with Crippen molar-refractivity contribution in [3.05, 3.63) is 60.3 Å². The van der Waals surface area contributed by atoms with Crippen LogP contribution in [0.1, 0.15) is 72.9 Å². The van der Waals surface area contributed by atoms with Gasteiger partial charge in [-0.3, -0.25) is 4.98 Å². The minimum atomic E-state index is -0.599. The monoisotopic (exact) mass is 461 g/mol. The Morgan fingerprint density at radius 3 is 2.62 bits per heavy atom. The molecule has 34 heavy (non-hydrogen) atoms. The molecule has 0 spiro atoms. The first-order chi connectivity index (χ1) is 16.2. The lowest BCUT2D eigenvalue weighted by Crippen LogP contribution is -2.26. The highest BCUT2D eigenvalue weighted by atomic mass is 15.2. The van der Waals surface area contributed by atoms with Crippen LogP contribution in [0.15, 0.2) is 54.7 Å². The molecule has 0 aliphatic heterocycles. The Bertz CT molecular complexity index is 905. The zero-order valence-corrected chi connectivity index (χ0v) is 22.0. The first-order valence-corrected chi connectivity index (χ1v) is 12.4. The standard InChI is InChI=1S/C29H43N5/c1-8-10-11-12-18-31-21-27(34(22-24(3)4)25(5)14-9-2)15-13-19-32-26-16-17-28(33-20-26)29(6,7)23-30/h9,14,16-17,20-21,24,31-32H,2,8,10-12,18-19,22H2,1,3-7H3/b25-14+,27-21-. The number of rotatable bonds is 14. The van der Waals surface area contributed by atoms with Crippen LogP contribution >= 0.6 is 0 Å². The number of nitriles is 1. The molecule has 0 aromatic carbocycles. The van der Waals surface area contributed by atoms with E-state index in [9.17, 15) is 5.26 Å². The second-order valence-corrected chi connectivity index (χ2v) is 9.42. The normalized spacial score (nSPS) is 11.9. The van der Waals surface area contributed by atoms with Crippen LogP contribution in [0.4, 0.5) is 5.69 Å². The lowest BCUT2D eigenvalue weighted by Gasteiger charge is -2.27.